The summed E-state index contributed by atoms with van der Waals surface area (Å²) in [7, 11) is 3.07. The molecule has 0 atom stereocenters. The lowest BCUT2D eigenvalue weighted by Crippen LogP contribution is -2.09. The number of hydrogen-bond donors (Lipinski definition) is 1. The Morgan fingerprint density at radius 2 is 1.63 bits per heavy atom. The molecule has 1 aromatic heterocycles. The zero-order chi connectivity index (χ0) is 30.6. The second-order valence-electron chi connectivity index (χ2n) is 9.20. The Balaban J connectivity index is 1.53. The predicted octanol–water partition coefficient (Wildman–Crippen LogP) is 6.31. The highest BCUT2D eigenvalue weighted by atomic mass is 19.4. The fourth-order valence-electron chi connectivity index (χ4n) is 4.28. The highest BCUT2D eigenvalue weighted by Gasteiger charge is 2.30. The van der Waals surface area contributed by atoms with Crippen molar-refractivity contribution in [1.82, 2.24) is 9.97 Å². The third-order valence-corrected chi connectivity index (χ3v) is 6.37. The smallest absolute Gasteiger partial charge is 0.416 e. The van der Waals surface area contributed by atoms with E-state index in [9.17, 15) is 22.8 Å². The molecular formula is C31H24F3N3O6. The number of carbonyl (C=O) groups excluding carboxylic acids is 2. The molecular weight excluding hydrogens is 567 g/mol. The number of nitrogens with one attached hydrogen (secondary N) is 1. The SMILES string of the molecule is COCCOc1cc2ncnc(Nc3ccc(Oc4ccc(C(F)(F)F)cc4)cc3C3=CC(=O)C=CC3=O)c2cc1OC. The molecule has 1 aliphatic carbocycles. The molecule has 0 fully saturated rings. The van der Waals surface area contributed by atoms with Gasteiger partial charge >= 0.3 is 6.18 Å². The molecule has 4 aromatic rings. The molecule has 1 N–H and O–H groups in total. The standard InChI is InChI=1S/C31H24F3N3O6/c1-40-11-12-42-29-16-26-24(15-28(29)41-2)30(36-17-35-26)37-25-9-8-21(14-22(25)23-13-19(38)5-10-27(23)39)43-20-6-3-18(4-7-20)31(32,33)34/h3-10,13-17H,11-12H2,1-2H3,(H,35,36,37). The molecule has 5 rings (SSSR count). The van der Waals surface area contributed by atoms with Gasteiger partial charge in [0.05, 0.1) is 24.8 Å². The number of carbonyl (C=O) groups is 2. The highest BCUT2D eigenvalue weighted by molar-refractivity contribution is 6.34. The zero-order valence-corrected chi connectivity index (χ0v) is 22.9. The number of ketones is 2. The van der Waals surface area contributed by atoms with Gasteiger partial charge in [-0.05, 0) is 66.8 Å². The topological polar surface area (TPSA) is 109 Å². The van der Waals surface area contributed by atoms with E-state index in [1.165, 1.54) is 43.8 Å². The molecule has 0 bridgehead atoms. The van der Waals surface area contributed by atoms with Crippen molar-refractivity contribution in [3.05, 3.63) is 90.3 Å². The number of anilines is 2. The van der Waals surface area contributed by atoms with Crippen molar-refractivity contribution < 1.29 is 41.7 Å². The fourth-order valence-corrected chi connectivity index (χ4v) is 4.28. The molecule has 12 heteroatoms. The van der Waals surface area contributed by atoms with Crippen LogP contribution in [-0.2, 0) is 20.5 Å². The third-order valence-electron chi connectivity index (χ3n) is 6.37. The van der Waals surface area contributed by atoms with Gasteiger partial charge in [-0.1, -0.05) is 0 Å². The summed E-state index contributed by atoms with van der Waals surface area (Å²) >= 11 is 0. The van der Waals surface area contributed by atoms with Crippen molar-refractivity contribution in [3.8, 4) is 23.0 Å². The number of halogens is 3. The van der Waals surface area contributed by atoms with Gasteiger partial charge in [-0.15, -0.1) is 0 Å². The molecule has 220 valence electrons. The molecule has 43 heavy (non-hydrogen) atoms. The molecule has 3 aromatic carbocycles. The van der Waals surface area contributed by atoms with Crippen LogP contribution in [0.15, 0.2) is 79.2 Å². The van der Waals surface area contributed by atoms with E-state index in [0.717, 1.165) is 18.2 Å². The van der Waals surface area contributed by atoms with Crippen LogP contribution in [0.3, 0.4) is 0 Å². The summed E-state index contributed by atoms with van der Waals surface area (Å²) in [6.45, 7) is 0.681. The van der Waals surface area contributed by atoms with Gasteiger partial charge in [0.25, 0.3) is 0 Å². The lowest BCUT2D eigenvalue weighted by molar-refractivity contribution is -0.137. The number of fused-ring (bicyclic) bond motifs is 1. The Kier molecular flexibility index (Phi) is 8.39. The molecule has 0 aliphatic heterocycles. The van der Waals surface area contributed by atoms with E-state index >= 15 is 0 Å². The average Bonchev–Trinajstić information content (AvgIpc) is 2.99. The maximum Gasteiger partial charge on any atom is 0.416 e. The Morgan fingerprint density at radius 3 is 2.35 bits per heavy atom. The van der Waals surface area contributed by atoms with Gasteiger partial charge in [0.1, 0.15) is 30.3 Å². The van der Waals surface area contributed by atoms with Gasteiger partial charge in [0.15, 0.2) is 23.1 Å². The van der Waals surface area contributed by atoms with Crippen LogP contribution in [0.1, 0.15) is 11.1 Å². The van der Waals surface area contributed by atoms with E-state index in [1.54, 1.807) is 31.4 Å². The van der Waals surface area contributed by atoms with Crippen LogP contribution in [0.5, 0.6) is 23.0 Å². The first kappa shape index (κ1) is 29.3. The van der Waals surface area contributed by atoms with E-state index in [-0.39, 0.29) is 22.9 Å². The molecule has 1 heterocycles. The first-order chi connectivity index (χ1) is 20.7. The number of ether oxygens (including phenoxy) is 4. The lowest BCUT2D eigenvalue weighted by atomic mass is 9.94. The van der Waals surface area contributed by atoms with Crippen LogP contribution in [0.25, 0.3) is 16.5 Å². The number of nitrogens with zero attached hydrogens (tertiary/aromatic N) is 2. The molecule has 1 aliphatic rings. The van der Waals surface area contributed by atoms with Crippen LogP contribution < -0.4 is 19.5 Å². The van der Waals surface area contributed by atoms with E-state index < -0.39 is 17.5 Å². The second kappa shape index (κ2) is 12.3. The van der Waals surface area contributed by atoms with E-state index in [2.05, 4.69) is 15.3 Å². The van der Waals surface area contributed by atoms with Gasteiger partial charge in [-0.2, -0.15) is 13.2 Å². The van der Waals surface area contributed by atoms with Crippen molar-refractivity contribution in [2.75, 3.05) is 32.8 Å². The third kappa shape index (κ3) is 6.65. The summed E-state index contributed by atoms with van der Waals surface area (Å²) in [6.07, 6.45) is 0.407. The quantitative estimate of drug-likeness (QED) is 0.168. The summed E-state index contributed by atoms with van der Waals surface area (Å²) in [4.78, 5) is 33.8. The Bertz CT molecular complexity index is 1750. The minimum atomic E-state index is -4.49. The van der Waals surface area contributed by atoms with E-state index in [0.29, 0.717) is 52.7 Å². The van der Waals surface area contributed by atoms with Crippen LogP contribution in [0.2, 0.25) is 0 Å². The maximum absolute atomic E-state index is 13.0. The number of rotatable bonds is 10. The zero-order valence-electron chi connectivity index (χ0n) is 22.9. The van der Waals surface area contributed by atoms with Crippen molar-refractivity contribution in [3.63, 3.8) is 0 Å². The van der Waals surface area contributed by atoms with Gasteiger partial charge in [-0.25, -0.2) is 9.97 Å². The van der Waals surface area contributed by atoms with Crippen LogP contribution in [-0.4, -0.2) is 49.0 Å². The first-order valence-electron chi connectivity index (χ1n) is 12.9. The number of aromatic nitrogens is 2. The Labute approximate surface area is 243 Å². The van der Waals surface area contributed by atoms with Crippen LogP contribution in [0, 0.1) is 0 Å². The molecule has 0 spiro atoms. The molecule has 0 unspecified atom stereocenters. The molecule has 9 nitrogen and oxygen atoms in total. The highest BCUT2D eigenvalue weighted by Crippen LogP contribution is 2.38. The number of allylic oxidation sites excluding steroid dienone is 4. The second-order valence-corrected chi connectivity index (χ2v) is 9.20. The van der Waals surface area contributed by atoms with Gasteiger partial charge in [0, 0.05) is 35.4 Å². The van der Waals surface area contributed by atoms with Crippen LogP contribution in [0.4, 0.5) is 24.7 Å². The Morgan fingerprint density at radius 1 is 0.860 bits per heavy atom. The summed E-state index contributed by atoms with van der Waals surface area (Å²) in [5, 5.41) is 3.79. The number of benzene rings is 3. The van der Waals surface area contributed by atoms with Crippen molar-refractivity contribution in [1.29, 1.82) is 0 Å². The van der Waals surface area contributed by atoms with Gasteiger partial charge in [0.2, 0.25) is 0 Å². The van der Waals surface area contributed by atoms with E-state index in [4.69, 9.17) is 18.9 Å². The van der Waals surface area contributed by atoms with Crippen molar-refractivity contribution >= 4 is 39.5 Å². The first-order valence-corrected chi connectivity index (χ1v) is 12.9. The molecule has 0 saturated heterocycles. The molecule has 0 amide bonds. The fraction of sp³-hybridized carbons (Fsp3) is 0.161. The normalized spacial score (nSPS) is 13.2. The number of hydrogen-bond acceptors (Lipinski definition) is 9. The van der Waals surface area contributed by atoms with E-state index in [1.807, 2.05) is 0 Å². The van der Waals surface area contributed by atoms with Gasteiger partial charge < -0.3 is 24.3 Å². The summed E-state index contributed by atoms with van der Waals surface area (Å²) in [5.41, 5.74) is 0.538. The van der Waals surface area contributed by atoms with Gasteiger partial charge in [-0.3, -0.25) is 9.59 Å². The van der Waals surface area contributed by atoms with Crippen molar-refractivity contribution in [2.24, 2.45) is 0 Å². The minimum absolute atomic E-state index is 0.0950. The van der Waals surface area contributed by atoms with Crippen molar-refractivity contribution in [2.45, 2.75) is 6.18 Å². The molecule has 0 radical (unpaired) electrons. The lowest BCUT2D eigenvalue weighted by Gasteiger charge is -2.18. The maximum atomic E-state index is 13.0. The molecule has 0 saturated carbocycles. The Hall–Kier alpha value is -5.23. The summed E-state index contributed by atoms with van der Waals surface area (Å²) in [5.74, 6) is 0.845. The van der Waals surface area contributed by atoms with Crippen LogP contribution >= 0.6 is 0 Å². The number of methoxy groups -OCH3 is 2. The monoisotopic (exact) mass is 591 g/mol. The predicted molar refractivity (Wildman–Crippen MR) is 152 cm³/mol. The summed E-state index contributed by atoms with van der Waals surface area (Å²) in [6, 6.07) is 12.3. The number of alkyl halides is 3. The summed E-state index contributed by atoms with van der Waals surface area (Å²) < 4.78 is 61.0. The minimum Gasteiger partial charge on any atom is -0.493 e. The average molecular weight is 592 g/mol. The largest absolute Gasteiger partial charge is 0.493 e.